The van der Waals surface area contributed by atoms with Gasteiger partial charge >= 0.3 is 6.18 Å². The van der Waals surface area contributed by atoms with E-state index < -0.39 is 11.7 Å². The monoisotopic (exact) mass is 352 g/mol. The Bertz CT molecular complexity index is 874. The molecule has 0 saturated heterocycles. The minimum absolute atomic E-state index is 0.165. The van der Waals surface area contributed by atoms with Crippen molar-refractivity contribution >= 4 is 11.1 Å². The van der Waals surface area contributed by atoms with Gasteiger partial charge < -0.3 is 0 Å². The van der Waals surface area contributed by atoms with Crippen molar-refractivity contribution in [3.63, 3.8) is 0 Å². The fourth-order valence-corrected chi connectivity index (χ4v) is 3.02. The van der Waals surface area contributed by atoms with Gasteiger partial charge in [0.2, 0.25) is 0 Å². The van der Waals surface area contributed by atoms with Crippen LogP contribution in [0.1, 0.15) is 29.2 Å². The average molecular weight is 352 g/mol. The molecule has 3 aromatic carbocycles. The van der Waals surface area contributed by atoms with Crippen molar-refractivity contribution in [1.29, 1.82) is 0 Å². The third-order valence-corrected chi connectivity index (χ3v) is 4.31. The molecule has 0 amide bonds. The van der Waals surface area contributed by atoms with Gasteiger partial charge in [-0.15, -0.1) is 0 Å². The van der Waals surface area contributed by atoms with Crippen molar-refractivity contribution in [3.05, 3.63) is 107 Å². The molecule has 0 nitrogen and oxygen atoms in total. The number of halogens is 3. The highest BCUT2D eigenvalue weighted by molar-refractivity contribution is 6.00. The lowest BCUT2D eigenvalue weighted by atomic mass is 9.88. The number of benzene rings is 3. The molecule has 0 aliphatic heterocycles. The van der Waals surface area contributed by atoms with Gasteiger partial charge in [0.05, 0.1) is 5.57 Å². The van der Waals surface area contributed by atoms with Crippen LogP contribution in [0.15, 0.2) is 84.9 Å². The zero-order chi connectivity index (χ0) is 18.6. The summed E-state index contributed by atoms with van der Waals surface area (Å²) in [6.45, 7) is 2.02. The maximum absolute atomic E-state index is 14.1. The van der Waals surface area contributed by atoms with Gasteiger partial charge in [-0.05, 0) is 28.7 Å². The highest BCUT2D eigenvalue weighted by atomic mass is 19.4. The maximum atomic E-state index is 14.1. The zero-order valence-corrected chi connectivity index (χ0v) is 14.4. The summed E-state index contributed by atoms with van der Waals surface area (Å²) in [4.78, 5) is 0. The van der Waals surface area contributed by atoms with Crippen LogP contribution in [0.2, 0.25) is 0 Å². The lowest BCUT2D eigenvalue weighted by Gasteiger charge is -2.19. The topological polar surface area (TPSA) is 0 Å². The van der Waals surface area contributed by atoms with Crippen LogP contribution < -0.4 is 0 Å². The Morgan fingerprint density at radius 3 is 1.58 bits per heavy atom. The summed E-state index contributed by atoms with van der Waals surface area (Å²) >= 11 is 0. The first-order valence-electron chi connectivity index (χ1n) is 8.52. The van der Waals surface area contributed by atoms with E-state index in [4.69, 9.17) is 0 Å². The van der Waals surface area contributed by atoms with Gasteiger partial charge in [-0.25, -0.2) is 0 Å². The Hall–Kier alpha value is -2.81. The van der Waals surface area contributed by atoms with E-state index >= 15 is 0 Å². The van der Waals surface area contributed by atoms with E-state index in [0.717, 1.165) is 12.0 Å². The molecular formula is C23H19F3. The first-order valence-corrected chi connectivity index (χ1v) is 8.52. The minimum atomic E-state index is -4.48. The van der Waals surface area contributed by atoms with E-state index in [9.17, 15) is 13.2 Å². The van der Waals surface area contributed by atoms with E-state index in [0.29, 0.717) is 11.1 Å². The first kappa shape index (κ1) is 18.0. The average Bonchev–Trinajstić information content (AvgIpc) is 2.66. The molecule has 0 aromatic heterocycles. The quantitative estimate of drug-likeness (QED) is 0.455. The van der Waals surface area contributed by atoms with Gasteiger partial charge in [-0.2, -0.15) is 13.2 Å². The zero-order valence-electron chi connectivity index (χ0n) is 14.4. The van der Waals surface area contributed by atoms with Crippen LogP contribution in [0.25, 0.3) is 11.1 Å². The number of rotatable bonds is 4. The summed E-state index contributed by atoms with van der Waals surface area (Å²) in [7, 11) is 0. The van der Waals surface area contributed by atoms with Crippen molar-refractivity contribution < 1.29 is 13.2 Å². The van der Waals surface area contributed by atoms with Crippen molar-refractivity contribution in [2.75, 3.05) is 0 Å². The summed E-state index contributed by atoms with van der Waals surface area (Å²) in [5.74, 6) is 0. The van der Waals surface area contributed by atoms with E-state index in [1.807, 2.05) is 19.1 Å². The van der Waals surface area contributed by atoms with Crippen LogP contribution in [0.3, 0.4) is 0 Å². The predicted molar refractivity (Wildman–Crippen MR) is 101 cm³/mol. The predicted octanol–water partition coefficient (Wildman–Crippen LogP) is 6.77. The molecule has 3 rings (SSSR count). The molecule has 0 saturated carbocycles. The molecule has 132 valence electrons. The van der Waals surface area contributed by atoms with Crippen molar-refractivity contribution in [2.24, 2.45) is 0 Å². The van der Waals surface area contributed by atoms with Crippen LogP contribution in [0.5, 0.6) is 0 Å². The highest BCUT2D eigenvalue weighted by Crippen LogP contribution is 2.42. The summed E-state index contributed by atoms with van der Waals surface area (Å²) in [5, 5.41) is 0. The second-order valence-corrected chi connectivity index (χ2v) is 6.03. The largest absolute Gasteiger partial charge is 0.417 e. The van der Waals surface area contributed by atoms with Crippen molar-refractivity contribution in [2.45, 2.75) is 19.5 Å². The molecule has 3 heteroatoms. The second kappa shape index (κ2) is 7.61. The SMILES string of the molecule is CCc1ccc(/C(=C(\c2ccccc2)C(F)(F)F)c2ccccc2)cc1. The highest BCUT2D eigenvalue weighted by Gasteiger charge is 2.38. The van der Waals surface area contributed by atoms with Crippen LogP contribution in [0, 0.1) is 0 Å². The van der Waals surface area contributed by atoms with Gasteiger partial charge in [0.15, 0.2) is 0 Å². The van der Waals surface area contributed by atoms with Gasteiger partial charge in [0, 0.05) is 5.57 Å². The molecule has 0 bridgehead atoms. The summed E-state index contributed by atoms with van der Waals surface area (Å²) in [6, 6.07) is 24.1. The molecule has 0 fully saturated rings. The molecule has 0 N–H and O–H groups in total. The summed E-state index contributed by atoms with van der Waals surface area (Å²) in [6.07, 6.45) is -3.63. The van der Waals surface area contributed by atoms with Crippen LogP contribution in [0.4, 0.5) is 13.2 Å². The molecule has 0 atom stereocenters. The summed E-state index contributed by atoms with van der Waals surface area (Å²) < 4.78 is 42.3. The third kappa shape index (κ3) is 3.88. The first-order chi connectivity index (χ1) is 12.5. The Morgan fingerprint density at radius 2 is 1.12 bits per heavy atom. The number of aryl methyl sites for hydroxylation is 1. The van der Waals surface area contributed by atoms with E-state index in [1.165, 1.54) is 12.1 Å². The standard InChI is InChI=1S/C23H19F3/c1-2-17-13-15-19(16-14-17)21(18-9-5-3-6-10-18)22(23(24,25)26)20-11-7-4-8-12-20/h3-16H,2H2,1H3/b22-21+. The van der Waals surface area contributed by atoms with Crippen molar-refractivity contribution in [3.8, 4) is 0 Å². The normalized spacial score (nSPS) is 12.6. The van der Waals surface area contributed by atoms with Gasteiger partial charge in [0.1, 0.15) is 0 Å². The second-order valence-electron chi connectivity index (χ2n) is 6.03. The molecule has 26 heavy (non-hydrogen) atoms. The van der Waals surface area contributed by atoms with Crippen molar-refractivity contribution in [1.82, 2.24) is 0 Å². The number of hydrogen-bond donors (Lipinski definition) is 0. The molecule has 0 radical (unpaired) electrons. The van der Waals surface area contributed by atoms with E-state index in [2.05, 4.69) is 0 Å². The van der Waals surface area contributed by atoms with Gasteiger partial charge in [-0.3, -0.25) is 0 Å². The fraction of sp³-hybridized carbons (Fsp3) is 0.130. The molecule has 0 heterocycles. The molecule has 0 aliphatic rings. The molecule has 0 unspecified atom stereocenters. The Kier molecular flexibility index (Phi) is 5.27. The van der Waals surface area contributed by atoms with E-state index in [1.54, 1.807) is 60.7 Å². The minimum Gasteiger partial charge on any atom is -0.166 e. The molecule has 3 aromatic rings. The van der Waals surface area contributed by atoms with E-state index in [-0.39, 0.29) is 11.1 Å². The number of alkyl halides is 3. The van der Waals surface area contributed by atoms with Gasteiger partial charge in [-0.1, -0.05) is 91.9 Å². The smallest absolute Gasteiger partial charge is 0.166 e. The Morgan fingerprint density at radius 1 is 0.654 bits per heavy atom. The Balaban J connectivity index is 2.34. The number of allylic oxidation sites excluding steroid dienone is 1. The lowest BCUT2D eigenvalue weighted by Crippen LogP contribution is -2.14. The molecule has 0 aliphatic carbocycles. The van der Waals surface area contributed by atoms with Crippen LogP contribution >= 0.6 is 0 Å². The number of hydrogen-bond acceptors (Lipinski definition) is 0. The van der Waals surface area contributed by atoms with Crippen LogP contribution in [-0.4, -0.2) is 6.18 Å². The third-order valence-electron chi connectivity index (χ3n) is 4.31. The van der Waals surface area contributed by atoms with Crippen LogP contribution in [-0.2, 0) is 6.42 Å². The lowest BCUT2D eigenvalue weighted by molar-refractivity contribution is -0.0685. The maximum Gasteiger partial charge on any atom is 0.417 e. The molecular weight excluding hydrogens is 333 g/mol. The Labute approximate surface area is 151 Å². The van der Waals surface area contributed by atoms with Gasteiger partial charge in [0.25, 0.3) is 0 Å². The fourth-order valence-electron chi connectivity index (χ4n) is 3.02. The molecule has 0 spiro atoms. The summed E-state index contributed by atoms with van der Waals surface area (Å²) in [5.41, 5.74) is 1.95.